The maximum absolute atomic E-state index is 11.3. The normalized spacial score (nSPS) is 13.7. The van der Waals surface area contributed by atoms with Crippen molar-refractivity contribution < 1.29 is 14.7 Å². The summed E-state index contributed by atoms with van der Waals surface area (Å²) in [5.74, 6) is -1.09. The largest absolute Gasteiger partial charge is 0.478 e. The van der Waals surface area contributed by atoms with Gasteiger partial charge in [-0.3, -0.25) is 4.79 Å². The van der Waals surface area contributed by atoms with Crippen LogP contribution in [-0.4, -0.2) is 23.5 Å². The van der Waals surface area contributed by atoms with Crippen LogP contribution in [0.5, 0.6) is 0 Å². The lowest BCUT2D eigenvalue weighted by atomic mass is 10.1. The molecule has 2 rings (SSSR count). The second-order valence-electron chi connectivity index (χ2n) is 3.75. The lowest BCUT2D eigenvalue weighted by Gasteiger charge is -2.15. The minimum atomic E-state index is -1.04. The quantitative estimate of drug-likeness (QED) is 0.688. The number of amides is 1. The Kier molecular flexibility index (Phi) is 2.30. The molecule has 0 aromatic heterocycles. The van der Waals surface area contributed by atoms with E-state index >= 15 is 0 Å². The Morgan fingerprint density at radius 2 is 2.12 bits per heavy atom. The molecule has 0 radical (unpaired) electrons. The molecule has 1 aromatic carbocycles. The van der Waals surface area contributed by atoms with Gasteiger partial charge in [-0.15, -0.1) is 0 Å². The van der Waals surface area contributed by atoms with E-state index in [1.165, 1.54) is 13.0 Å². The van der Waals surface area contributed by atoms with Gasteiger partial charge in [-0.05, 0) is 18.6 Å². The first-order chi connectivity index (χ1) is 7.52. The Bertz CT molecular complexity index is 482. The van der Waals surface area contributed by atoms with Crippen molar-refractivity contribution in [2.75, 3.05) is 17.2 Å². The molecule has 84 valence electrons. The van der Waals surface area contributed by atoms with Crippen LogP contribution in [0.2, 0.25) is 0 Å². The van der Waals surface area contributed by atoms with Crippen LogP contribution < -0.4 is 10.6 Å². The number of fused-ring (bicyclic) bond motifs is 1. The van der Waals surface area contributed by atoms with E-state index in [2.05, 4.69) is 0 Å². The highest BCUT2D eigenvalue weighted by Gasteiger charge is 2.26. The second kappa shape index (κ2) is 3.52. The van der Waals surface area contributed by atoms with Crippen molar-refractivity contribution in [3.05, 3.63) is 23.3 Å². The molecule has 0 unspecified atom stereocenters. The highest BCUT2D eigenvalue weighted by Crippen LogP contribution is 2.34. The zero-order valence-corrected chi connectivity index (χ0v) is 8.86. The number of hydrogen-bond donors (Lipinski definition) is 2. The fourth-order valence-electron chi connectivity index (χ4n) is 2.03. The molecule has 16 heavy (non-hydrogen) atoms. The van der Waals surface area contributed by atoms with E-state index in [9.17, 15) is 9.59 Å². The topological polar surface area (TPSA) is 83.6 Å². The Morgan fingerprint density at radius 3 is 2.69 bits per heavy atom. The van der Waals surface area contributed by atoms with Gasteiger partial charge >= 0.3 is 5.97 Å². The molecule has 1 aliphatic rings. The first-order valence-electron chi connectivity index (χ1n) is 4.95. The van der Waals surface area contributed by atoms with Crippen LogP contribution in [0.1, 0.15) is 22.8 Å². The summed E-state index contributed by atoms with van der Waals surface area (Å²) in [6.45, 7) is 2.05. The van der Waals surface area contributed by atoms with Gasteiger partial charge in [0.25, 0.3) is 0 Å². The summed E-state index contributed by atoms with van der Waals surface area (Å²) in [7, 11) is 0. The van der Waals surface area contributed by atoms with Gasteiger partial charge in [-0.25, -0.2) is 4.79 Å². The van der Waals surface area contributed by atoms with Gasteiger partial charge < -0.3 is 15.7 Å². The van der Waals surface area contributed by atoms with E-state index in [0.717, 1.165) is 11.3 Å². The molecular weight excluding hydrogens is 208 g/mol. The summed E-state index contributed by atoms with van der Waals surface area (Å²) in [6, 6.07) is 3.08. The third kappa shape index (κ3) is 1.41. The minimum absolute atomic E-state index is 0.0544. The molecule has 0 spiro atoms. The number of carboxylic acid groups (broad SMARTS) is 1. The number of anilines is 2. The minimum Gasteiger partial charge on any atom is -0.478 e. The predicted molar refractivity (Wildman–Crippen MR) is 59.5 cm³/mol. The van der Waals surface area contributed by atoms with Gasteiger partial charge in [-0.2, -0.15) is 0 Å². The van der Waals surface area contributed by atoms with Crippen molar-refractivity contribution in [2.24, 2.45) is 0 Å². The van der Waals surface area contributed by atoms with Crippen molar-refractivity contribution in [1.29, 1.82) is 0 Å². The zero-order chi connectivity index (χ0) is 11.9. The Morgan fingerprint density at radius 1 is 1.44 bits per heavy atom. The number of hydrogen-bond acceptors (Lipinski definition) is 3. The highest BCUT2D eigenvalue weighted by atomic mass is 16.4. The van der Waals surface area contributed by atoms with Crippen molar-refractivity contribution in [3.63, 3.8) is 0 Å². The van der Waals surface area contributed by atoms with E-state index in [1.807, 2.05) is 0 Å². The van der Waals surface area contributed by atoms with Crippen molar-refractivity contribution in [1.82, 2.24) is 0 Å². The van der Waals surface area contributed by atoms with Crippen LogP contribution in [0.15, 0.2) is 12.1 Å². The number of nitrogen functional groups attached to an aromatic ring is 1. The van der Waals surface area contributed by atoms with Crippen LogP contribution >= 0.6 is 0 Å². The summed E-state index contributed by atoms with van der Waals surface area (Å²) >= 11 is 0. The smallest absolute Gasteiger partial charge is 0.337 e. The molecule has 1 heterocycles. The Hall–Kier alpha value is -2.04. The van der Waals surface area contributed by atoms with Gasteiger partial charge in [0.1, 0.15) is 0 Å². The zero-order valence-electron chi connectivity index (χ0n) is 8.86. The number of nitrogens with zero attached hydrogens (tertiary/aromatic N) is 1. The maximum Gasteiger partial charge on any atom is 0.337 e. The number of aromatic carboxylic acids is 1. The van der Waals surface area contributed by atoms with Crippen molar-refractivity contribution in [2.45, 2.75) is 13.3 Å². The monoisotopic (exact) mass is 220 g/mol. The third-order valence-corrected chi connectivity index (χ3v) is 2.82. The lowest BCUT2D eigenvalue weighted by molar-refractivity contribution is -0.116. The second-order valence-corrected chi connectivity index (χ2v) is 3.75. The molecule has 0 saturated carbocycles. The summed E-state index contributed by atoms with van der Waals surface area (Å²) in [5.41, 5.74) is 7.64. The number of rotatable bonds is 1. The molecule has 1 amide bonds. The van der Waals surface area contributed by atoms with E-state index in [4.69, 9.17) is 10.8 Å². The summed E-state index contributed by atoms with van der Waals surface area (Å²) < 4.78 is 0. The summed E-state index contributed by atoms with van der Waals surface area (Å²) in [6.07, 6.45) is 0.613. The van der Waals surface area contributed by atoms with Crippen LogP contribution in [0, 0.1) is 0 Å². The number of carbonyl (C=O) groups is 2. The fourth-order valence-corrected chi connectivity index (χ4v) is 2.03. The molecule has 3 N–H and O–H groups in total. The van der Waals surface area contributed by atoms with E-state index < -0.39 is 5.97 Å². The van der Waals surface area contributed by atoms with Crippen LogP contribution in [-0.2, 0) is 11.2 Å². The Labute approximate surface area is 92.5 Å². The predicted octanol–water partition coefficient (Wildman–Crippen LogP) is 0.876. The van der Waals surface area contributed by atoms with Gasteiger partial charge in [0.15, 0.2) is 0 Å². The Balaban J connectivity index is 2.54. The average molecular weight is 220 g/mol. The van der Waals surface area contributed by atoms with Gasteiger partial charge in [0.2, 0.25) is 5.91 Å². The first-order valence-corrected chi connectivity index (χ1v) is 4.95. The van der Waals surface area contributed by atoms with Crippen LogP contribution in [0.25, 0.3) is 0 Å². The first kappa shape index (κ1) is 10.5. The average Bonchev–Trinajstić information content (AvgIpc) is 2.61. The molecule has 1 aliphatic heterocycles. The molecule has 0 atom stereocenters. The van der Waals surface area contributed by atoms with Gasteiger partial charge in [-0.1, -0.05) is 0 Å². The molecule has 1 aromatic rings. The summed E-state index contributed by atoms with van der Waals surface area (Å²) in [5, 5.41) is 8.91. The van der Waals surface area contributed by atoms with E-state index in [1.54, 1.807) is 11.0 Å². The van der Waals surface area contributed by atoms with E-state index in [0.29, 0.717) is 13.0 Å². The van der Waals surface area contributed by atoms with Crippen molar-refractivity contribution in [3.8, 4) is 0 Å². The lowest BCUT2D eigenvalue weighted by Crippen LogP contribution is -2.25. The maximum atomic E-state index is 11.3. The number of nitrogens with two attached hydrogens (primary N) is 1. The fraction of sp³-hybridized carbons (Fsp3) is 0.273. The van der Waals surface area contributed by atoms with Gasteiger partial charge in [0.05, 0.1) is 11.3 Å². The number of carboxylic acids is 1. The molecule has 0 fully saturated rings. The van der Waals surface area contributed by atoms with E-state index in [-0.39, 0.29) is 17.2 Å². The molecular formula is C11H12N2O3. The SMILES string of the molecule is CC(=O)N1CCc2c1ccc(C(=O)O)c2N. The molecule has 0 saturated heterocycles. The summed E-state index contributed by atoms with van der Waals surface area (Å²) in [4.78, 5) is 23.8. The molecule has 0 aliphatic carbocycles. The molecule has 5 nitrogen and oxygen atoms in total. The number of carbonyl (C=O) groups excluding carboxylic acids is 1. The van der Waals surface area contributed by atoms with Crippen LogP contribution in [0.4, 0.5) is 11.4 Å². The molecule has 0 bridgehead atoms. The van der Waals surface area contributed by atoms with Crippen LogP contribution in [0.3, 0.4) is 0 Å². The van der Waals surface area contributed by atoms with Crippen molar-refractivity contribution >= 4 is 23.3 Å². The molecule has 5 heteroatoms. The standard InChI is InChI=1S/C11H12N2O3/c1-6(14)13-5-4-7-9(13)3-2-8(10(7)12)11(15)16/h2-3H,4-5,12H2,1H3,(H,15,16). The third-order valence-electron chi connectivity index (χ3n) is 2.82. The number of benzene rings is 1. The highest BCUT2D eigenvalue weighted by molar-refractivity contribution is 6.00. The van der Waals surface area contributed by atoms with Gasteiger partial charge in [0, 0.05) is 24.7 Å².